The topological polar surface area (TPSA) is 54.5 Å². The van der Waals surface area contributed by atoms with Crippen molar-refractivity contribution in [1.29, 1.82) is 0 Å². The van der Waals surface area contributed by atoms with Crippen LogP contribution in [0.3, 0.4) is 0 Å². The number of halogens is 3. The Labute approximate surface area is 132 Å². The van der Waals surface area contributed by atoms with Crippen LogP contribution in [0.1, 0.15) is 24.8 Å². The molecule has 8 heteroatoms. The van der Waals surface area contributed by atoms with E-state index < -0.39 is 12.8 Å². The highest BCUT2D eigenvalue weighted by Crippen LogP contribution is 2.17. The number of ether oxygens (including phenoxy) is 1. The lowest BCUT2D eigenvalue weighted by molar-refractivity contribution is -0.174. The number of amides is 1. The number of nitrogens with zero attached hydrogens (tertiary/aromatic N) is 2. The molecule has 0 aromatic carbocycles. The van der Waals surface area contributed by atoms with Gasteiger partial charge in [0, 0.05) is 32.3 Å². The molecule has 0 unspecified atom stereocenters. The van der Waals surface area contributed by atoms with Gasteiger partial charge in [-0.25, -0.2) is 4.98 Å². The van der Waals surface area contributed by atoms with E-state index in [4.69, 9.17) is 0 Å². The molecule has 2 heterocycles. The normalized spacial score (nSPS) is 15.0. The lowest BCUT2D eigenvalue weighted by atomic mass is 10.2. The predicted molar refractivity (Wildman–Crippen MR) is 79.0 cm³/mol. The summed E-state index contributed by atoms with van der Waals surface area (Å²) in [5, 5.41) is 2.63. The van der Waals surface area contributed by atoms with E-state index in [9.17, 15) is 18.0 Å². The molecule has 1 saturated heterocycles. The van der Waals surface area contributed by atoms with Gasteiger partial charge in [0.2, 0.25) is 5.91 Å². The Morgan fingerprint density at radius 3 is 2.65 bits per heavy atom. The van der Waals surface area contributed by atoms with E-state index in [0.29, 0.717) is 6.54 Å². The summed E-state index contributed by atoms with van der Waals surface area (Å²) in [6, 6.07) is 3.81. The maximum Gasteiger partial charge on any atom is 0.411 e. The highest BCUT2D eigenvalue weighted by atomic mass is 19.4. The largest absolute Gasteiger partial charge is 0.411 e. The van der Waals surface area contributed by atoms with Gasteiger partial charge in [0.15, 0.2) is 0 Å². The molecule has 1 aromatic heterocycles. The van der Waals surface area contributed by atoms with Crippen LogP contribution < -0.4 is 10.2 Å². The predicted octanol–water partition coefficient (Wildman–Crippen LogP) is 2.27. The number of rotatable bonds is 7. The van der Waals surface area contributed by atoms with Crippen molar-refractivity contribution >= 4 is 11.7 Å². The molecule has 0 aliphatic carbocycles. The average molecular weight is 331 g/mol. The summed E-state index contributed by atoms with van der Waals surface area (Å²) in [4.78, 5) is 18.1. The lowest BCUT2D eigenvalue weighted by Gasteiger charge is -2.16. The molecular formula is C15H20F3N3O2. The number of alkyl halides is 3. The standard InChI is InChI=1S/C15H20F3N3O2/c16-15(17,18)11-23-8-5-14(22)20-10-12-3-4-13(19-9-12)21-6-1-2-7-21/h3-4,9H,1-2,5-8,10-11H2,(H,20,22). The van der Waals surface area contributed by atoms with Crippen LogP contribution >= 0.6 is 0 Å². The number of hydrogen-bond acceptors (Lipinski definition) is 4. The monoisotopic (exact) mass is 331 g/mol. The quantitative estimate of drug-likeness (QED) is 0.779. The van der Waals surface area contributed by atoms with Crippen LogP contribution in [-0.2, 0) is 16.1 Å². The van der Waals surface area contributed by atoms with Crippen LogP contribution in [0.25, 0.3) is 0 Å². The third-order valence-corrected chi connectivity index (χ3v) is 3.47. The number of pyridine rings is 1. The van der Waals surface area contributed by atoms with Crippen molar-refractivity contribution in [3.63, 3.8) is 0 Å². The number of nitrogens with one attached hydrogen (secondary N) is 1. The second kappa shape index (κ2) is 8.14. The van der Waals surface area contributed by atoms with Gasteiger partial charge in [-0.15, -0.1) is 0 Å². The fourth-order valence-electron chi connectivity index (χ4n) is 2.30. The second-order valence-electron chi connectivity index (χ2n) is 5.41. The first-order valence-electron chi connectivity index (χ1n) is 7.55. The molecule has 0 spiro atoms. The summed E-state index contributed by atoms with van der Waals surface area (Å²) >= 11 is 0. The van der Waals surface area contributed by atoms with Crippen molar-refractivity contribution in [1.82, 2.24) is 10.3 Å². The highest BCUT2D eigenvalue weighted by molar-refractivity contribution is 5.75. The Hall–Kier alpha value is -1.83. The zero-order chi connectivity index (χ0) is 16.7. The summed E-state index contributed by atoms with van der Waals surface area (Å²) in [5.41, 5.74) is 0.845. The van der Waals surface area contributed by atoms with E-state index in [1.54, 1.807) is 6.20 Å². The van der Waals surface area contributed by atoms with Gasteiger partial charge in [-0.05, 0) is 24.5 Å². The average Bonchev–Trinajstić information content (AvgIpc) is 3.03. The molecule has 1 amide bonds. The minimum Gasteiger partial charge on any atom is -0.372 e. The minimum absolute atomic E-state index is 0.102. The smallest absolute Gasteiger partial charge is 0.372 e. The van der Waals surface area contributed by atoms with E-state index in [1.165, 1.54) is 12.8 Å². The molecule has 1 aliphatic heterocycles. The van der Waals surface area contributed by atoms with Crippen molar-refractivity contribution in [3.8, 4) is 0 Å². The number of carbonyl (C=O) groups is 1. The molecule has 2 rings (SSSR count). The van der Waals surface area contributed by atoms with E-state index >= 15 is 0 Å². The molecule has 1 fully saturated rings. The fourth-order valence-corrected chi connectivity index (χ4v) is 2.30. The zero-order valence-electron chi connectivity index (χ0n) is 12.7. The minimum atomic E-state index is -4.36. The molecule has 0 atom stereocenters. The number of aromatic nitrogens is 1. The van der Waals surface area contributed by atoms with Crippen molar-refractivity contribution in [2.24, 2.45) is 0 Å². The van der Waals surface area contributed by atoms with Crippen LogP contribution in [0.5, 0.6) is 0 Å². The van der Waals surface area contributed by atoms with Crippen LogP contribution in [0.15, 0.2) is 18.3 Å². The maximum atomic E-state index is 11.9. The molecular weight excluding hydrogens is 311 g/mol. The molecule has 128 valence electrons. The first-order valence-corrected chi connectivity index (χ1v) is 7.55. The maximum absolute atomic E-state index is 11.9. The van der Waals surface area contributed by atoms with Gasteiger partial charge >= 0.3 is 6.18 Å². The fraction of sp³-hybridized carbons (Fsp3) is 0.600. The second-order valence-corrected chi connectivity index (χ2v) is 5.41. The van der Waals surface area contributed by atoms with Gasteiger partial charge in [-0.1, -0.05) is 6.07 Å². The first kappa shape index (κ1) is 17.5. The lowest BCUT2D eigenvalue weighted by Crippen LogP contribution is -2.25. The summed E-state index contributed by atoms with van der Waals surface area (Å²) in [5.74, 6) is 0.578. The van der Waals surface area contributed by atoms with Gasteiger partial charge in [0.1, 0.15) is 12.4 Å². The van der Waals surface area contributed by atoms with E-state index in [2.05, 4.69) is 19.9 Å². The zero-order valence-corrected chi connectivity index (χ0v) is 12.7. The molecule has 1 aliphatic rings. The highest BCUT2D eigenvalue weighted by Gasteiger charge is 2.27. The summed E-state index contributed by atoms with van der Waals surface area (Å²) in [7, 11) is 0. The van der Waals surface area contributed by atoms with Crippen molar-refractivity contribution in [2.45, 2.75) is 32.0 Å². The number of anilines is 1. The van der Waals surface area contributed by atoms with Crippen molar-refractivity contribution < 1.29 is 22.7 Å². The molecule has 0 radical (unpaired) electrons. The van der Waals surface area contributed by atoms with Crippen LogP contribution in [0.4, 0.5) is 19.0 Å². The van der Waals surface area contributed by atoms with Gasteiger partial charge in [-0.2, -0.15) is 13.2 Å². The molecule has 0 saturated carbocycles. The molecule has 1 N–H and O–H groups in total. The Morgan fingerprint density at radius 2 is 2.04 bits per heavy atom. The van der Waals surface area contributed by atoms with E-state index in [0.717, 1.165) is 24.5 Å². The number of carbonyl (C=O) groups excluding carboxylic acids is 1. The van der Waals surface area contributed by atoms with Gasteiger partial charge in [0.05, 0.1) is 6.61 Å². The summed E-state index contributed by atoms with van der Waals surface area (Å²) < 4.78 is 40.0. The SMILES string of the molecule is O=C(CCOCC(F)(F)F)NCc1ccc(N2CCCC2)nc1. The van der Waals surface area contributed by atoms with Crippen LogP contribution in [0.2, 0.25) is 0 Å². The van der Waals surface area contributed by atoms with Gasteiger partial charge in [0.25, 0.3) is 0 Å². The Balaban J connectivity index is 1.66. The molecule has 1 aromatic rings. The Morgan fingerprint density at radius 1 is 1.30 bits per heavy atom. The Kier molecular flexibility index (Phi) is 6.20. The van der Waals surface area contributed by atoms with Crippen LogP contribution in [-0.4, -0.2) is 43.4 Å². The summed E-state index contributed by atoms with van der Waals surface area (Å²) in [6.07, 6.45) is -0.408. The van der Waals surface area contributed by atoms with Gasteiger partial charge < -0.3 is 15.0 Å². The van der Waals surface area contributed by atoms with E-state index in [-0.39, 0.29) is 18.9 Å². The van der Waals surface area contributed by atoms with Crippen molar-refractivity contribution in [2.75, 3.05) is 31.2 Å². The third-order valence-electron chi connectivity index (χ3n) is 3.47. The summed E-state index contributed by atoms with van der Waals surface area (Å²) in [6.45, 7) is 0.743. The first-order chi connectivity index (χ1) is 10.9. The Bertz CT molecular complexity index is 500. The molecule has 5 nitrogen and oxygen atoms in total. The van der Waals surface area contributed by atoms with E-state index in [1.807, 2.05) is 12.1 Å². The third kappa shape index (κ3) is 6.43. The van der Waals surface area contributed by atoms with Crippen molar-refractivity contribution in [3.05, 3.63) is 23.9 Å². The molecule has 0 bridgehead atoms. The number of hydrogen-bond donors (Lipinski definition) is 1. The molecule has 23 heavy (non-hydrogen) atoms. The van der Waals surface area contributed by atoms with Gasteiger partial charge in [-0.3, -0.25) is 4.79 Å². The van der Waals surface area contributed by atoms with Crippen LogP contribution in [0, 0.1) is 0 Å².